The molecule has 0 aliphatic rings. The van der Waals surface area contributed by atoms with Gasteiger partial charge in [-0.25, -0.2) is 9.18 Å². The van der Waals surface area contributed by atoms with Gasteiger partial charge >= 0.3 is 5.97 Å². The van der Waals surface area contributed by atoms with Crippen molar-refractivity contribution in [3.63, 3.8) is 0 Å². The van der Waals surface area contributed by atoms with Crippen molar-refractivity contribution in [3.8, 4) is 0 Å². The highest BCUT2D eigenvalue weighted by molar-refractivity contribution is 9.08. The van der Waals surface area contributed by atoms with E-state index in [9.17, 15) is 19.3 Å². The molecule has 7 heteroatoms. The SMILES string of the molecule is O=C(O)c1cc(CBr)c([N+](=O)[O-])cc1F. The second-order valence-corrected chi connectivity index (χ2v) is 3.22. The average Bonchev–Trinajstić information content (AvgIpc) is 2.16. The fourth-order valence-corrected chi connectivity index (χ4v) is 1.50. The zero-order valence-electron chi connectivity index (χ0n) is 7.24. The molecule has 1 N–H and O–H groups in total. The zero-order chi connectivity index (χ0) is 11.6. The molecule has 0 saturated carbocycles. The third kappa shape index (κ3) is 2.30. The van der Waals surface area contributed by atoms with E-state index in [2.05, 4.69) is 15.9 Å². The van der Waals surface area contributed by atoms with Crippen molar-refractivity contribution in [2.45, 2.75) is 5.33 Å². The average molecular weight is 278 g/mol. The van der Waals surface area contributed by atoms with Crippen LogP contribution in [-0.4, -0.2) is 16.0 Å². The molecule has 5 nitrogen and oxygen atoms in total. The number of carboxylic acid groups (broad SMARTS) is 1. The summed E-state index contributed by atoms with van der Waals surface area (Å²) in [7, 11) is 0. The standard InChI is InChI=1S/C8H5BrFNO4/c9-3-4-1-5(8(12)13)6(10)2-7(4)11(14)15/h1-2H,3H2,(H,12,13). The summed E-state index contributed by atoms with van der Waals surface area (Å²) in [4.78, 5) is 20.3. The third-order valence-electron chi connectivity index (χ3n) is 1.74. The number of hydrogen-bond donors (Lipinski definition) is 1. The third-order valence-corrected chi connectivity index (χ3v) is 2.34. The van der Waals surface area contributed by atoms with Crippen molar-refractivity contribution in [1.29, 1.82) is 0 Å². The van der Waals surface area contributed by atoms with Crippen LogP contribution >= 0.6 is 15.9 Å². The highest BCUT2D eigenvalue weighted by atomic mass is 79.9. The molecule has 0 radical (unpaired) electrons. The van der Waals surface area contributed by atoms with Crippen LogP contribution in [0.1, 0.15) is 15.9 Å². The Hall–Kier alpha value is -1.50. The Balaban J connectivity index is 3.42. The summed E-state index contributed by atoms with van der Waals surface area (Å²) >= 11 is 2.96. The maximum absolute atomic E-state index is 13.1. The molecule has 0 aromatic heterocycles. The van der Waals surface area contributed by atoms with Crippen molar-refractivity contribution in [3.05, 3.63) is 39.2 Å². The van der Waals surface area contributed by atoms with E-state index in [1.807, 2.05) is 0 Å². The van der Waals surface area contributed by atoms with Crippen LogP contribution in [0.5, 0.6) is 0 Å². The highest BCUT2D eigenvalue weighted by Gasteiger charge is 2.20. The van der Waals surface area contributed by atoms with Crippen LogP contribution in [0.3, 0.4) is 0 Å². The molecule has 1 aromatic rings. The lowest BCUT2D eigenvalue weighted by Gasteiger charge is -2.02. The van der Waals surface area contributed by atoms with Gasteiger partial charge in [-0.3, -0.25) is 10.1 Å². The molecule has 1 rings (SSSR count). The number of alkyl halides is 1. The maximum atomic E-state index is 13.1. The molecule has 0 atom stereocenters. The van der Waals surface area contributed by atoms with Crippen molar-refractivity contribution >= 4 is 27.6 Å². The molecule has 0 spiro atoms. The smallest absolute Gasteiger partial charge is 0.338 e. The van der Waals surface area contributed by atoms with Gasteiger partial charge in [0.1, 0.15) is 5.82 Å². The van der Waals surface area contributed by atoms with Gasteiger partial charge in [-0.05, 0) is 6.07 Å². The molecular weight excluding hydrogens is 273 g/mol. The number of nitro benzene ring substituents is 1. The number of nitro groups is 1. The van der Waals surface area contributed by atoms with Gasteiger partial charge in [0.2, 0.25) is 0 Å². The van der Waals surface area contributed by atoms with E-state index in [4.69, 9.17) is 5.11 Å². The van der Waals surface area contributed by atoms with E-state index in [1.54, 1.807) is 0 Å². The fourth-order valence-electron chi connectivity index (χ4n) is 1.05. The fraction of sp³-hybridized carbons (Fsp3) is 0.125. The van der Waals surface area contributed by atoms with Crippen LogP contribution in [0.4, 0.5) is 10.1 Å². The minimum atomic E-state index is -1.45. The van der Waals surface area contributed by atoms with E-state index in [0.29, 0.717) is 6.07 Å². The molecule has 0 amide bonds. The van der Waals surface area contributed by atoms with Crippen molar-refractivity contribution in [2.75, 3.05) is 0 Å². The number of aromatic carboxylic acids is 1. The molecule has 0 aliphatic heterocycles. The van der Waals surface area contributed by atoms with E-state index in [-0.39, 0.29) is 10.9 Å². The first-order chi connectivity index (χ1) is 6.97. The number of carbonyl (C=O) groups is 1. The normalized spacial score (nSPS) is 10.0. The summed E-state index contributed by atoms with van der Waals surface area (Å²) in [6.07, 6.45) is 0. The predicted octanol–water partition coefficient (Wildman–Crippen LogP) is 2.33. The zero-order valence-corrected chi connectivity index (χ0v) is 8.82. The predicted molar refractivity (Wildman–Crippen MR) is 52.6 cm³/mol. The van der Waals surface area contributed by atoms with Crippen LogP contribution in [0.25, 0.3) is 0 Å². The summed E-state index contributed by atoms with van der Waals surface area (Å²) in [5, 5.41) is 19.2. The molecule has 80 valence electrons. The van der Waals surface area contributed by atoms with Crippen LogP contribution in [0.15, 0.2) is 12.1 Å². The topological polar surface area (TPSA) is 80.4 Å². The number of carboxylic acids is 1. The van der Waals surface area contributed by atoms with Crippen LogP contribution < -0.4 is 0 Å². The lowest BCUT2D eigenvalue weighted by atomic mass is 10.1. The van der Waals surface area contributed by atoms with E-state index in [1.165, 1.54) is 0 Å². The van der Waals surface area contributed by atoms with Gasteiger partial charge in [-0.1, -0.05) is 15.9 Å². The first-order valence-corrected chi connectivity index (χ1v) is 4.85. The van der Waals surface area contributed by atoms with E-state index < -0.39 is 28.0 Å². The van der Waals surface area contributed by atoms with Crippen LogP contribution in [0.2, 0.25) is 0 Å². The Morgan fingerprint density at radius 1 is 1.60 bits per heavy atom. The van der Waals surface area contributed by atoms with Gasteiger partial charge in [0.25, 0.3) is 5.69 Å². The molecule has 0 unspecified atom stereocenters. The summed E-state index contributed by atoms with van der Waals surface area (Å²) < 4.78 is 13.1. The van der Waals surface area contributed by atoms with E-state index in [0.717, 1.165) is 6.07 Å². The maximum Gasteiger partial charge on any atom is 0.338 e. The van der Waals surface area contributed by atoms with Gasteiger partial charge < -0.3 is 5.11 Å². The summed E-state index contributed by atoms with van der Waals surface area (Å²) in [5.74, 6) is -2.57. The Kier molecular flexibility index (Phi) is 3.35. The molecule has 15 heavy (non-hydrogen) atoms. The molecule has 0 aliphatic carbocycles. The lowest BCUT2D eigenvalue weighted by molar-refractivity contribution is -0.385. The Labute approximate surface area is 91.8 Å². The minimum Gasteiger partial charge on any atom is -0.478 e. The highest BCUT2D eigenvalue weighted by Crippen LogP contribution is 2.24. The lowest BCUT2D eigenvalue weighted by Crippen LogP contribution is -2.04. The number of halogens is 2. The minimum absolute atomic E-state index is 0.0872. The Morgan fingerprint density at radius 2 is 2.20 bits per heavy atom. The molecule has 0 fully saturated rings. The molecule has 0 bridgehead atoms. The second-order valence-electron chi connectivity index (χ2n) is 2.66. The van der Waals surface area contributed by atoms with Crippen molar-refractivity contribution in [1.82, 2.24) is 0 Å². The molecular formula is C8H5BrFNO4. The first kappa shape index (κ1) is 11.6. The van der Waals surface area contributed by atoms with Gasteiger partial charge in [0, 0.05) is 10.9 Å². The molecule has 0 saturated heterocycles. The second kappa shape index (κ2) is 4.35. The Bertz CT molecular complexity index is 435. The number of benzene rings is 1. The monoisotopic (exact) mass is 277 g/mol. The summed E-state index contributed by atoms with van der Waals surface area (Å²) in [5.41, 5.74) is -0.886. The number of nitrogens with zero attached hydrogens (tertiary/aromatic N) is 1. The van der Waals surface area contributed by atoms with Crippen molar-refractivity contribution < 1.29 is 19.2 Å². The molecule has 0 heterocycles. The number of rotatable bonds is 3. The van der Waals surface area contributed by atoms with Gasteiger partial charge in [-0.15, -0.1) is 0 Å². The van der Waals surface area contributed by atoms with Crippen LogP contribution in [0, 0.1) is 15.9 Å². The summed E-state index contributed by atoms with van der Waals surface area (Å²) in [6, 6.07) is 1.56. The van der Waals surface area contributed by atoms with E-state index >= 15 is 0 Å². The quantitative estimate of drug-likeness (QED) is 0.522. The summed E-state index contributed by atoms with van der Waals surface area (Å²) in [6.45, 7) is 0. The van der Waals surface area contributed by atoms with Gasteiger partial charge in [0.15, 0.2) is 0 Å². The first-order valence-electron chi connectivity index (χ1n) is 3.73. The van der Waals surface area contributed by atoms with Crippen LogP contribution in [-0.2, 0) is 5.33 Å². The molecule has 1 aromatic carbocycles. The number of hydrogen-bond acceptors (Lipinski definition) is 3. The largest absolute Gasteiger partial charge is 0.478 e. The Morgan fingerprint density at radius 3 is 2.60 bits per heavy atom. The van der Waals surface area contributed by atoms with Gasteiger partial charge in [-0.2, -0.15) is 0 Å². The van der Waals surface area contributed by atoms with Crippen molar-refractivity contribution in [2.24, 2.45) is 0 Å². The van der Waals surface area contributed by atoms with Gasteiger partial charge in [0.05, 0.1) is 16.6 Å².